The van der Waals surface area contributed by atoms with Gasteiger partial charge in [0.15, 0.2) is 0 Å². The van der Waals surface area contributed by atoms with Gasteiger partial charge >= 0.3 is 5.97 Å². The zero-order valence-electron chi connectivity index (χ0n) is 10.4. The Kier molecular flexibility index (Phi) is 3.64. The number of hydrogen-bond acceptors (Lipinski definition) is 3. The Morgan fingerprint density at radius 2 is 2.17 bits per heavy atom. The summed E-state index contributed by atoms with van der Waals surface area (Å²) >= 11 is 0. The van der Waals surface area contributed by atoms with E-state index in [9.17, 15) is 9.59 Å². The molecule has 0 unspecified atom stereocenters. The van der Waals surface area contributed by atoms with Gasteiger partial charge < -0.3 is 10.0 Å². The zero-order valence-corrected chi connectivity index (χ0v) is 10.4. The number of aromatic nitrogens is 2. The van der Waals surface area contributed by atoms with Gasteiger partial charge in [0, 0.05) is 19.3 Å². The summed E-state index contributed by atoms with van der Waals surface area (Å²) < 4.78 is 1.54. The molecule has 1 aliphatic rings. The van der Waals surface area contributed by atoms with E-state index in [2.05, 4.69) is 5.10 Å². The highest BCUT2D eigenvalue weighted by Crippen LogP contribution is 2.24. The molecule has 1 heterocycles. The van der Waals surface area contributed by atoms with Crippen LogP contribution < -0.4 is 0 Å². The predicted molar refractivity (Wildman–Crippen MR) is 64.1 cm³/mol. The molecule has 1 amide bonds. The van der Waals surface area contributed by atoms with Gasteiger partial charge in [-0.1, -0.05) is 12.8 Å². The summed E-state index contributed by atoms with van der Waals surface area (Å²) in [7, 11) is 1.73. The summed E-state index contributed by atoms with van der Waals surface area (Å²) in [4.78, 5) is 24.6. The third-order valence-corrected chi connectivity index (χ3v) is 3.26. The maximum atomic E-state index is 12.3. The molecule has 1 aromatic heterocycles. The van der Waals surface area contributed by atoms with Gasteiger partial charge in [0.05, 0.1) is 0 Å². The molecule has 2 rings (SSSR count). The molecule has 0 aliphatic heterocycles. The average molecular weight is 251 g/mol. The van der Waals surface area contributed by atoms with E-state index in [1.165, 1.54) is 4.90 Å². The molecule has 1 aliphatic carbocycles. The maximum Gasteiger partial charge on any atom is 0.323 e. The minimum Gasteiger partial charge on any atom is -0.480 e. The van der Waals surface area contributed by atoms with Crippen LogP contribution in [0.15, 0.2) is 12.3 Å². The molecule has 1 fully saturated rings. The number of carbonyl (C=O) groups is 2. The number of carbonyl (C=O) groups excluding carboxylic acids is 1. The Morgan fingerprint density at radius 1 is 1.50 bits per heavy atom. The van der Waals surface area contributed by atoms with E-state index in [4.69, 9.17) is 5.11 Å². The number of hydrogen-bond donors (Lipinski definition) is 1. The van der Waals surface area contributed by atoms with E-state index in [0.717, 1.165) is 25.7 Å². The minimum atomic E-state index is -0.980. The van der Waals surface area contributed by atoms with Crippen LogP contribution in [0.1, 0.15) is 36.2 Å². The topological polar surface area (TPSA) is 75.4 Å². The lowest BCUT2D eigenvalue weighted by Crippen LogP contribution is -2.42. The van der Waals surface area contributed by atoms with Gasteiger partial charge in [0.1, 0.15) is 12.2 Å². The molecule has 0 radical (unpaired) electrons. The fourth-order valence-corrected chi connectivity index (χ4v) is 2.40. The zero-order chi connectivity index (χ0) is 13.1. The highest BCUT2D eigenvalue weighted by atomic mass is 16.4. The summed E-state index contributed by atoms with van der Waals surface area (Å²) in [6.07, 6.45) is 5.55. The fraction of sp³-hybridized carbons (Fsp3) is 0.583. The summed E-state index contributed by atoms with van der Waals surface area (Å²) in [5.41, 5.74) is 0.311. The van der Waals surface area contributed by atoms with Gasteiger partial charge in [-0.15, -0.1) is 0 Å². The SMILES string of the molecule is Cn1ccc(C(=O)N(CC(=O)O)C2CCCC2)n1. The first-order chi connectivity index (χ1) is 8.58. The first-order valence-electron chi connectivity index (χ1n) is 6.10. The standard InChI is InChI=1S/C12H17N3O3/c1-14-7-6-10(13-14)12(18)15(8-11(16)17)9-4-2-3-5-9/h6-7,9H,2-5,8H2,1H3,(H,16,17). The molecule has 1 aromatic rings. The van der Waals surface area contributed by atoms with Gasteiger partial charge in [-0.3, -0.25) is 14.3 Å². The molecule has 0 atom stereocenters. The van der Waals surface area contributed by atoms with Gasteiger partial charge in [0.25, 0.3) is 5.91 Å². The molecular formula is C12H17N3O3. The number of carboxylic acids is 1. The third kappa shape index (κ3) is 2.69. The Labute approximate surface area is 105 Å². The second-order valence-corrected chi connectivity index (χ2v) is 4.64. The number of aryl methyl sites for hydroxylation is 1. The van der Waals surface area contributed by atoms with Crippen molar-refractivity contribution >= 4 is 11.9 Å². The van der Waals surface area contributed by atoms with E-state index < -0.39 is 5.97 Å². The minimum absolute atomic E-state index is 0.0376. The molecule has 0 aromatic carbocycles. The van der Waals surface area contributed by atoms with Crippen molar-refractivity contribution < 1.29 is 14.7 Å². The molecule has 0 spiro atoms. The smallest absolute Gasteiger partial charge is 0.323 e. The van der Waals surface area contributed by atoms with E-state index in [-0.39, 0.29) is 18.5 Å². The lowest BCUT2D eigenvalue weighted by molar-refractivity contribution is -0.138. The van der Waals surface area contributed by atoms with E-state index in [0.29, 0.717) is 5.69 Å². The van der Waals surface area contributed by atoms with Gasteiger partial charge in [-0.25, -0.2) is 0 Å². The quantitative estimate of drug-likeness (QED) is 0.862. The first-order valence-corrected chi connectivity index (χ1v) is 6.10. The predicted octanol–water partition coefficient (Wildman–Crippen LogP) is 0.889. The first kappa shape index (κ1) is 12.6. The second kappa shape index (κ2) is 5.20. The van der Waals surface area contributed by atoms with E-state index >= 15 is 0 Å². The molecule has 6 nitrogen and oxygen atoms in total. The van der Waals surface area contributed by atoms with Crippen LogP contribution in [0.5, 0.6) is 0 Å². The van der Waals surface area contributed by atoms with Gasteiger partial charge in [-0.05, 0) is 18.9 Å². The summed E-state index contributed by atoms with van der Waals surface area (Å²) in [5.74, 6) is -1.27. The monoisotopic (exact) mass is 251 g/mol. The third-order valence-electron chi connectivity index (χ3n) is 3.26. The van der Waals surface area contributed by atoms with E-state index in [1.807, 2.05) is 0 Å². The molecule has 1 saturated carbocycles. The lowest BCUT2D eigenvalue weighted by Gasteiger charge is -2.26. The Morgan fingerprint density at radius 3 is 2.67 bits per heavy atom. The largest absolute Gasteiger partial charge is 0.480 e. The highest BCUT2D eigenvalue weighted by molar-refractivity contribution is 5.94. The summed E-state index contributed by atoms with van der Waals surface area (Å²) in [5, 5.41) is 13.0. The van der Waals surface area contributed by atoms with Crippen molar-refractivity contribution in [1.82, 2.24) is 14.7 Å². The molecule has 18 heavy (non-hydrogen) atoms. The molecule has 0 saturated heterocycles. The lowest BCUT2D eigenvalue weighted by atomic mass is 10.2. The van der Waals surface area contributed by atoms with Crippen molar-refractivity contribution in [2.75, 3.05) is 6.54 Å². The molecule has 1 N–H and O–H groups in total. The number of amides is 1. The van der Waals surface area contributed by atoms with Crippen molar-refractivity contribution in [2.45, 2.75) is 31.7 Å². The number of nitrogens with zero attached hydrogens (tertiary/aromatic N) is 3. The van der Waals surface area contributed by atoms with Crippen LogP contribution in [0.3, 0.4) is 0 Å². The average Bonchev–Trinajstić information content (AvgIpc) is 2.95. The van der Waals surface area contributed by atoms with Crippen LogP contribution in [0.4, 0.5) is 0 Å². The fourth-order valence-electron chi connectivity index (χ4n) is 2.40. The maximum absolute atomic E-state index is 12.3. The number of carboxylic acid groups (broad SMARTS) is 1. The summed E-state index contributed by atoms with van der Waals surface area (Å²) in [6, 6.07) is 1.65. The van der Waals surface area contributed by atoms with Crippen LogP contribution in [-0.4, -0.2) is 44.3 Å². The second-order valence-electron chi connectivity index (χ2n) is 4.64. The van der Waals surface area contributed by atoms with Crippen LogP contribution in [0.25, 0.3) is 0 Å². The van der Waals surface area contributed by atoms with Crippen LogP contribution >= 0.6 is 0 Å². The summed E-state index contributed by atoms with van der Waals surface area (Å²) in [6.45, 7) is -0.250. The Balaban J connectivity index is 2.17. The molecule has 98 valence electrons. The number of aliphatic carboxylic acids is 1. The van der Waals surface area contributed by atoms with Crippen molar-refractivity contribution in [3.05, 3.63) is 18.0 Å². The van der Waals surface area contributed by atoms with Gasteiger partial charge in [-0.2, -0.15) is 5.10 Å². The van der Waals surface area contributed by atoms with Crippen molar-refractivity contribution in [3.63, 3.8) is 0 Å². The van der Waals surface area contributed by atoms with Crippen molar-refractivity contribution in [3.8, 4) is 0 Å². The highest BCUT2D eigenvalue weighted by Gasteiger charge is 2.29. The molecule has 6 heteroatoms. The van der Waals surface area contributed by atoms with E-state index in [1.54, 1.807) is 24.0 Å². The Bertz CT molecular complexity index is 449. The molecular weight excluding hydrogens is 234 g/mol. The van der Waals surface area contributed by atoms with Crippen LogP contribution in [0, 0.1) is 0 Å². The van der Waals surface area contributed by atoms with Gasteiger partial charge in [0.2, 0.25) is 0 Å². The normalized spacial score (nSPS) is 15.8. The Hall–Kier alpha value is -1.85. The number of rotatable bonds is 4. The van der Waals surface area contributed by atoms with Crippen LogP contribution in [-0.2, 0) is 11.8 Å². The van der Waals surface area contributed by atoms with Crippen molar-refractivity contribution in [1.29, 1.82) is 0 Å². The molecule has 0 bridgehead atoms. The van der Waals surface area contributed by atoms with Crippen molar-refractivity contribution in [2.24, 2.45) is 7.05 Å². The van der Waals surface area contributed by atoms with Crippen LogP contribution in [0.2, 0.25) is 0 Å².